The minimum absolute atomic E-state index is 0.0710. The van der Waals surface area contributed by atoms with Crippen LogP contribution in [0.2, 0.25) is 0 Å². The van der Waals surface area contributed by atoms with Gasteiger partial charge in [0.15, 0.2) is 12.2 Å². The number of nitrogens with zero attached hydrogens (tertiary/aromatic N) is 3. The van der Waals surface area contributed by atoms with Gasteiger partial charge in [-0.2, -0.15) is 0 Å². The number of aromatic nitrogens is 2. The Morgan fingerprint density at radius 2 is 1.42 bits per heavy atom. The smallest absolute Gasteiger partial charge is 0.335 e. The number of carboxylic acid groups (broad SMARTS) is 2. The van der Waals surface area contributed by atoms with Gasteiger partial charge in [-0.25, -0.2) is 14.6 Å². The van der Waals surface area contributed by atoms with Crippen molar-refractivity contribution in [1.82, 2.24) is 14.3 Å². The highest BCUT2D eigenvalue weighted by molar-refractivity contribution is 5.83. The number of carboxylic acids is 2. The van der Waals surface area contributed by atoms with E-state index in [1.54, 1.807) is 19.0 Å². The maximum absolute atomic E-state index is 12.3. The third kappa shape index (κ3) is 6.37. The highest BCUT2D eigenvalue weighted by Gasteiger charge is 2.29. The maximum Gasteiger partial charge on any atom is 0.335 e. The van der Waals surface area contributed by atoms with Gasteiger partial charge in [0.05, 0.1) is 17.8 Å². The quantitative estimate of drug-likeness (QED) is 0.430. The van der Waals surface area contributed by atoms with Crippen LogP contribution >= 0.6 is 0 Å². The van der Waals surface area contributed by atoms with E-state index < -0.39 is 24.1 Å². The molecule has 1 amide bonds. The molecule has 33 heavy (non-hydrogen) atoms. The number of amides is 1. The molecule has 0 fully saturated rings. The molecule has 0 aliphatic heterocycles. The Bertz CT molecular complexity index is 1130. The fourth-order valence-corrected chi connectivity index (χ4v) is 2.88. The number of imidazole rings is 1. The predicted molar refractivity (Wildman–Crippen MR) is 120 cm³/mol. The van der Waals surface area contributed by atoms with Crippen molar-refractivity contribution in [3.05, 3.63) is 59.4 Å². The number of hydrogen-bond acceptors (Lipinski definition) is 6. The zero-order valence-corrected chi connectivity index (χ0v) is 18.8. The van der Waals surface area contributed by atoms with Gasteiger partial charge in [-0.3, -0.25) is 4.79 Å². The molecule has 0 radical (unpaired) electrons. The molecular weight excluding hydrogens is 430 g/mol. The van der Waals surface area contributed by atoms with Gasteiger partial charge in [0.1, 0.15) is 5.65 Å². The number of likely N-dealkylation sites (N-methyl/N-ethyl adjacent to an activating group) is 1. The van der Waals surface area contributed by atoms with E-state index in [4.69, 9.17) is 25.4 Å². The molecule has 1 aromatic carbocycles. The summed E-state index contributed by atoms with van der Waals surface area (Å²) in [6, 6.07) is 12.3. The van der Waals surface area contributed by atoms with Crippen LogP contribution in [-0.2, 0) is 20.8 Å². The van der Waals surface area contributed by atoms with Gasteiger partial charge in [-0.05, 0) is 25.5 Å². The fraction of sp³-hybridized carbons (Fsp3) is 0.304. The van der Waals surface area contributed by atoms with E-state index in [9.17, 15) is 14.4 Å². The molecule has 2 atom stereocenters. The van der Waals surface area contributed by atoms with Crippen molar-refractivity contribution in [2.75, 3.05) is 14.1 Å². The van der Waals surface area contributed by atoms with Crippen LogP contribution in [0, 0.1) is 13.8 Å². The molecule has 176 valence electrons. The number of carbonyl (C=O) groups is 3. The van der Waals surface area contributed by atoms with E-state index in [1.807, 2.05) is 29.7 Å². The Morgan fingerprint density at radius 1 is 0.909 bits per heavy atom. The standard InChI is InChI=1S/C19H21N3O.C4H6O6/c1-13-5-8-15(9-6-13)19-16(11-18(23)21(3)4)22-12-14(2)7-10-17(22)20-19;5-1(3(7)8)2(6)4(9)10/h5-10,12H,11H2,1-4H3;1-2,5-6H,(H,7,8)(H,9,10)/t;1-,2-/m.0/s1. The number of fused-ring (bicyclic) bond motifs is 1. The Balaban J connectivity index is 0.000000328. The zero-order chi connectivity index (χ0) is 24.9. The van der Waals surface area contributed by atoms with Gasteiger partial charge in [0.2, 0.25) is 5.91 Å². The van der Waals surface area contributed by atoms with Crippen molar-refractivity contribution in [3.8, 4) is 11.3 Å². The third-order valence-electron chi connectivity index (χ3n) is 4.81. The van der Waals surface area contributed by atoms with Crippen LogP contribution in [0.25, 0.3) is 16.9 Å². The molecule has 2 aromatic heterocycles. The van der Waals surface area contributed by atoms with Crippen molar-refractivity contribution in [2.45, 2.75) is 32.5 Å². The van der Waals surface area contributed by atoms with E-state index >= 15 is 0 Å². The fourth-order valence-electron chi connectivity index (χ4n) is 2.88. The SMILES string of the molecule is Cc1ccc(-c2nc3ccc(C)cn3c2CC(=O)N(C)C)cc1.O=C(O)[C@@H](O)[C@H](O)C(=O)O. The number of benzene rings is 1. The monoisotopic (exact) mass is 457 g/mol. The molecule has 0 saturated heterocycles. The molecule has 3 rings (SSSR count). The summed E-state index contributed by atoms with van der Waals surface area (Å²) >= 11 is 0. The molecule has 0 aliphatic rings. The average Bonchev–Trinajstić information content (AvgIpc) is 3.10. The summed E-state index contributed by atoms with van der Waals surface area (Å²) < 4.78 is 2.03. The van der Waals surface area contributed by atoms with Crippen LogP contribution in [0.5, 0.6) is 0 Å². The van der Waals surface area contributed by atoms with E-state index in [-0.39, 0.29) is 5.91 Å². The molecule has 0 bridgehead atoms. The van der Waals surface area contributed by atoms with Crippen LogP contribution in [0.4, 0.5) is 0 Å². The number of aliphatic carboxylic acids is 2. The topological polar surface area (TPSA) is 153 Å². The van der Waals surface area contributed by atoms with E-state index in [0.29, 0.717) is 6.42 Å². The lowest BCUT2D eigenvalue weighted by atomic mass is 10.1. The molecule has 2 heterocycles. The first kappa shape index (κ1) is 25.5. The van der Waals surface area contributed by atoms with Gasteiger partial charge in [-0.15, -0.1) is 0 Å². The average molecular weight is 457 g/mol. The number of aliphatic hydroxyl groups excluding tert-OH is 2. The number of rotatable bonds is 6. The van der Waals surface area contributed by atoms with Gasteiger partial charge in [0, 0.05) is 25.9 Å². The molecule has 0 saturated carbocycles. The number of hydrogen-bond donors (Lipinski definition) is 4. The number of pyridine rings is 1. The molecule has 10 heteroatoms. The number of aryl methyl sites for hydroxylation is 2. The first-order valence-corrected chi connectivity index (χ1v) is 9.99. The van der Waals surface area contributed by atoms with Crippen LogP contribution in [0.3, 0.4) is 0 Å². The zero-order valence-electron chi connectivity index (χ0n) is 18.8. The van der Waals surface area contributed by atoms with E-state index in [2.05, 4.69) is 31.2 Å². The van der Waals surface area contributed by atoms with Gasteiger partial charge in [-0.1, -0.05) is 35.9 Å². The molecular formula is C23H27N3O7. The van der Waals surface area contributed by atoms with Crippen LogP contribution in [-0.4, -0.2) is 78.9 Å². The summed E-state index contributed by atoms with van der Waals surface area (Å²) in [5.74, 6) is -3.47. The number of carbonyl (C=O) groups excluding carboxylic acids is 1. The lowest BCUT2D eigenvalue weighted by Crippen LogP contribution is -2.39. The Morgan fingerprint density at radius 3 is 1.91 bits per heavy atom. The Hall–Kier alpha value is -3.76. The minimum atomic E-state index is -2.27. The summed E-state index contributed by atoms with van der Waals surface area (Å²) in [5, 5.41) is 32.5. The predicted octanol–water partition coefficient (Wildman–Crippen LogP) is 1.13. The van der Waals surface area contributed by atoms with Crippen molar-refractivity contribution >= 4 is 23.5 Å². The minimum Gasteiger partial charge on any atom is -0.479 e. The second kappa shape index (κ2) is 10.7. The summed E-state index contributed by atoms with van der Waals surface area (Å²) in [7, 11) is 3.56. The summed E-state index contributed by atoms with van der Waals surface area (Å²) in [4.78, 5) is 38.2. The lowest BCUT2D eigenvalue weighted by Gasteiger charge is -2.11. The van der Waals surface area contributed by atoms with Gasteiger partial charge in [0.25, 0.3) is 0 Å². The van der Waals surface area contributed by atoms with Crippen LogP contribution < -0.4 is 0 Å². The highest BCUT2D eigenvalue weighted by Crippen LogP contribution is 2.26. The second-order valence-electron chi connectivity index (χ2n) is 7.74. The largest absolute Gasteiger partial charge is 0.479 e. The van der Waals surface area contributed by atoms with Crippen LogP contribution in [0.1, 0.15) is 16.8 Å². The third-order valence-corrected chi connectivity index (χ3v) is 4.81. The van der Waals surface area contributed by atoms with Crippen LogP contribution in [0.15, 0.2) is 42.6 Å². The van der Waals surface area contributed by atoms with Crippen molar-refractivity contribution in [3.63, 3.8) is 0 Å². The van der Waals surface area contributed by atoms with Gasteiger partial charge >= 0.3 is 11.9 Å². The van der Waals surface area contributed by atoms with Gasteiger partial charge < -0.3 is 29.7 Å². The van der Waals surface area contributed by atoms with E-state index in [1.165, 1.54) is 5.56 Å². The molecule has 10 nitrogen and oxygen atoms in total. The molecule has 0 unspecified atom stereocenters. The number of aliphatic hydroxyl groups is 2. The summed E-state index contributed by atoms with van der Waals surface area (Å²) in [6.07, 6.45) is -2.16. The normalized spacial score (nSPS) is 12.4. The molecule has 0 spiro atoms. The summed E-state index contributed by atoms with van der Waals surface area (Å²) in [6.45, 7) is 4.11. The maximum atomic E-state index is 12.3. The first-order valence-electron chi connectivity index (χ1n) is 9.99. The van der Waals surface area contributed by atoms with Crippen molar-refractivity contribution < 1.29 is 34.8 Å². The molecule has 3 aromatic rings. The molecule has 0 aliphatic carbocycles. The Labute approximate surface area is 190 Å². The van der Waals surface area contributed by atoms with E-state index in [0.717, 1.165) is 28.2 Å². The Kier molecular flexibility index (Phi) is 8.27. The van der Waals surface area contributed by atoms with Crippen molar-refractivity contribution in [1.29, 1.82) is 0 Å². The second-order valence-corrected chi connectivity index (χ2v) is 7.74. The molecule has 4 N–H and O–H groups in total. The summed E-state index contributed by atoms with van der Waals surface area (Å²) in [5.41, 5.74) is 6.08. The van der Waals surface area contributed by atoms with Crippen molar-refractivity contribution in [2.24, 2.45) is 0 Å². The lowest BCUT2D eigenvalue weighted by molar-refractivity contribution is -0.165. The highest BCUT2D eigenvalue weighted by atomic mass is 16.4. The first-order chi connectivity index (χ1) is 15.4.